The van der Waals surface area contributed by atoms with Gasteiger partial charge in [0.1, 0.15) is 11.5 Å². The van der Waals surface area contributed by atoms with Crippen molar-refractivity contribution < 1.29 is 15.3 Å². The van der Waals surface area contributed by atoms with Gasteiger partial charge in [-0.1, -0.05) is 38.0 Å². The van der Waals surface area contributed by atoms with Crippen LogP contribution in [0.4, 0.5) is 0 Å². The van der Waals surface area contributed by atoms with E-state index in [1.807, 2.05) is 19.9 Å². The second kappa shape index (κ2) is 7.89. The van der Waals surface area contributed by atoms with E-state index in [-0.39, 0.29) is 23.3 Å². The molecule has 1 aromatic carbocycles. The number of phenols is 2. The molecule has 3 N–H and O–H groups in total. The van der Waals surface area contributed by atoms with Crippen molar-refractivity contribution in [2.75, 3.05) is 0 Å². The molecule has 132 valence electrons. The van der Waals surface area contributed by atoms with E-state index in [4.69, 9.17) is 0 Å². The van der Waals surface area contributed by atoms with Crippen molar-refractivity contribution in [2.45, 2.75) is 64.9 Å². The van der Waals surface area contributed by atoms with Crippen LogP contribution in [0.3, 0.4) is 0 Å². The zero-order valence-electron chi connectivity index (χ0n) is 15.0. The van der Waals surface area contributed by atoms with Crippen LogP contribution < -0.4 is 0 Å². The largest absolute Gasteiger partial charge is 0.507 e. The number of hydrogen-bond acceptors (Lipinski definition) is 3. The van der Waals surface area contributed by atoms with Crippen molar-refractivity contribution in [2.24, 2.45) is 5.92 Å². The van der Waals surface area contributed by atoms with Gasteiger partial charge in [-0.3, -0.25) is 0 Å². The first kappa shape index (κ1) is 18.6. The lowest BCUT2D eigenvalue weighted by Crippen LogP contribution is -2.26. The van der Waals surface area contributed by atoms with Crippen molar-refractivity contribution in [1.29, 1.82) is 0 Å². The SMILES string of the molecule is C=C(C)[C@@H]1C[C@H](O)C(C)=C[C@H]1c1c(O)cc(CCCCC)cc1O. The van der Waals surface area contributed by atoms with Crippen molar-refractivity contribution in [3.63, 3.8) is 0 Å². The Balaban J connectivity index is 2.37. The highest BCUT2D eigenvalue weighted by Crippen LogP contribution is 2.46. The first-order chi connectivity index (χ1) is 11.3. The number of allylic oxidation sites excluding steroid dienone is 2. The molecule has 24 heavy (non-hydrogen) atoms. The van der Waals surface area contributed by atoms with Crippen LogP contribution in [-0.4, -0.2) is 21.4 Å². The van der Waals surface area contributed by atoms with Crippen LogP contribution in [0, 0.1) is 5.92 Å². The van der Waals surface area contributed by atoms with Crippen LogP contribution in [0.1, 0.15) is 63.5 Å². The highest BCUT2D eigenvalue weighted by atomic mass is 16.3. The van der Waals surface area contributed by atoms with Gasteiger partial charge in [0.05, 0.1) is 6.10 Å². The maximum Gasteiger partial charge on any atom is 0.123 e. The summed E-state index contributed by atoms with van der Waals surface area (Å²) < 4.78 is 0. The average Bonchev–Trinajstić information content (AvgIpc) is 2.50. The number of aliphatic hydroxyl groups excluding tert-OH is 1. The van der Waals surface area contributed by atoms with Gasteiger partial charge in [-0.25, -0.2) is 0 Å². The fourth-order valence-corrected chi connectivity index (χ4v) is 3.62. The van der Waals surface area contributed by atoms with Crippen LogP contribution in [0.25, 0.3) is 0 Å². The fraction of sp³-hybridized carbons (Fsp3) is 0.524. The summed E-state index contributed by atoms with van der Waals surface area (Å²) in [7, 11) is 0. The number of aromatic hydroxyl groups is 2. The molecule has 0 amide bonds. The van der Waals surface area contributed by atoms with Crippen LogP contribution in [0.5, 0.6) is 11.5 Å². The first-order valence-electron chi connectivity index (χ1n) is 8.91. The molecule has 3 heteroatoms. The lowest BCUT2D eigenvalue weighted by atomic mass is 9.72. The Bertz CT molecular complexity index is 607. The second-order valence-electron chi connectivity index (χ2n) is 7.15. The normalized spacial score (nSPS) is 23.8. The number of hydrogen-bond donors (Lipinski definition) is 3. The smallest absolute Gasteiger partial charge is 0.123 e. The zero-order chi connectivity index (χ0) is 17.9. The van der Waals surface area contributed by atoms with Crippen LogP contribution >= 0.6 is 0 Å². The molecule has 1 aliphatic rings. The fourth-order valence-electron chi connectivity index (χ4n) is 3.62. The number of aryl methyl sites for hydroxylation is 1. The Hall–Kier alpha value is -1.74. The molecule has 0 spiro atoms. The Kier molecular flexibility index (Phi) is 6.11. The number of aliphatic hydroxyl groups is 1. The minimum Gasteiger partial charge on any atom is -0.507 e. The average molecular weight is 330 g/mol. The third-order valence-corrected chi connectivity index (χ3v) is 5.11. The van der Waals surface area contributed by atoms with Gasteiger partial charge in [0.2, 0.25) is 0 Å². The van der Waals surface area contributed by atoms with Gasteiger partial charge >= 0.3 is 0 Å². The summed E-state index contributed by atoms with van der Waals surface area (Å²) in [6.07, 6.45) is 6.24. The lowest BCUT2D eigenvalue weighted by molar-refractivity contribution is 0.168. The van der Waals surface area contributed by atoms with Gasteiger partial charge < -0.3 is 15.3 Å². The van der Waals surface area contributed by atoms with Gasteiger partial charge in [-0.05, 0) is 62.3 Å². The van der Waals surface area contributed by atoms with Gasteiger partial charge in [-0.15, -0.1) is 0 Å². The molecular weight excluding hydrogens is 300 g/mol. The number of benzene rings is 1. The maximum absolute atomic E-state index is 10.6. The van der Waals surface area contributed by atoms with Crippen molar-refractivity contribution >= 4 is 0 Å². The summed E-state index contributed by atoms with van der Waals surface area (Å²) in [5.41, 5.74) is 3.34. The lowest BCUT2D eigenvalue weighted by Gasteiger charge is -2.34. The van der Waals surface area contributed by atoms with E-state index < -0.39 is 6.10 Å². The molecule has 1 aliphatic carbocycles. The van der Waals surface area contributed by atoms with Gasteiger partial charge in [0, 0.05) is 11.5 Å². The minimum absolute atomic E-state index is 0.00596. The molecular formula is C21H30O3. The zero-order valence-corrected chi connectivity index (χ0v) is 15.0. The Labute approximate surface area is 145 Å². The molecule has 0 radical (unpaired) electrons. The number of phenolic OH excluding ortho intramolecular Hbond substituents is 2. The van der Waals surface area contributed by atoms with E-state index >= 15 is 0 Å². The minimum atomic E-state index is -0.486. The number of unbranched alkanes of at least 4 members (excludes halogenated alkanes) is 2. The monoisotopic (exact) mass is 330 g/mol. The molecule has 0 saturated heterocycles. The molecule has 0 fully saturated rings. The molecule has 0 bridgehead atoms. The third-order valence-electron chi connectivity index (χ3n) is 5.11. The van der Waals surface area contributed by atoms with Gasteiger partial charge in [0.15, 0.2) is 0 Å². The predicted molar refractivity (Wildman–Crippen MR) is 98.4 cm³/mol. The second-order valence-corrected chi connectivity index (χ2v) is 7.15. The van der Waals surface area contributed by atoms with Crippen LogP contribution in [0.2, 0.25) is 0 Å². The van der Waals surface area contributed by atoms with Gasteiger partial charge in [0.25, 0.3) is 0 Å². The highest BCUT2D eigenvalue weighted by Gasteiger charge is 2.33. The third kappa shape index (κ3) is 4.02. The van der Waals surface area contributed by atoms with E-state index in [0.29, 0.717) is 12.0 Å². The number of rotatable bonds is 6. The van der Waals surface area contributed by atoms with Crippen LogP contribution in [-0.2, 0) is 6.42 Å². The van der Waals surface area contributed by atoms with E-state index in [1.165, 1.54) is 0 Å². The predicted octanol–water partition coefficient (Wildman–Crippen LogP) is 4.82. The first-order valence-corrected chi connectivity index (χ1v) is 8.91. The molecule has 2 rings (SSSR count). The maximum atomic E-state index is 10.6. The van der Waals surface area contributed by atoms with E-state index in [9.17, 15) is 15.3 Å². The van der Waals surface area contributed by atoms with E-state index in [1.54, 1.807) is 12.1 Å². The molecule has 0 aromatic heterocycles. The standard InChI is InChI=1S/C21H30O3/c1-5-6-7-8-15-10-19(23)21(20(24)11-15)17-9-14(4)18(22)12-16(17)13(2)3/h9-11,16-18,22-24H,2,5-8,12H2,1,3-4H3/t16-,17+,18-/m0/s1. The summed E-state index contributed by atoms with van der Waals surface area (Å²) in [5.74, 6) is 0.124. The summed E-state index contributed by atoms with van der Waals surface area (Å²) in [6, 6.07) is 3.54. The summed E-state index contributed by atoms with van der Waals surface area (Å²) in [5, 5.41) is 31.2. The van der Waals surface area contributed by atoms with Crippen molar-refractivity contribution in [3.05, 3.63) is 47.1 Å². The molecule has 3 atom stereocenters. The quantitative estimate of drug-likeness (QED) is 0.518. The van der Waals surface area contributed by atoms with Crippen molar-refractivity contribution in [3.8, 4) is 11.5 Å². The summed E-state index contributed by atoms with van der Waals surface area (Å²) >= 11 is 0. The topological polar surface area (TPSA) is 60.7 Å². The molecule has 0 saturated carbocycles. The molecule has 0 unspecified atom stereocenters. The Morgan fingerprint density at radius 2 is 1.83 bits per heavy atom. The van der Waals surface area contributed by atoms with E-state index in [2.05, 4.69) is 13.5 Å². The van der Waals surface area contributed by atoms with Crippen LogP contribution in [0.15, 0.2) is 35.9 Å². The highest BCUT2D eigenvalue weighted by molar-refractivity contribution is 5.52. The van der Waals surface area contributed by atoms with E-state index in [0.717, 1.165) is 42.4 Å². The Morgan fingerprint density at radius 1 is 1.21 bits per heavy atom. The molecule has 0 heterocycles. The molecule has 1 aromatic rings. The Morgan fingerprint density at radius 3 is 2.38 bits per heavy atom. The summed E-state index contributed by atoms with van der Waals surface area (Å²) in [6.45, 7) is 10.0. The molecule has 3 nitrogen and oxygen atoms in total. The summed E-state index contributed by atoms with van der Waals surface area (Å²) in [4.78, 5) is 0. The van der Waals surface area contributed by atoms with Gasteiger partial charge in [-0.2, -0.15) is 0 Å². The molecule has 0 aliphatic heterocycles. The van der Waals surface area contributed by atoms with Crippen molar-refractivity contribution in [1.82, 2.24) is 0 Å².